The van der Waals surface area contributed by atoms with E-state index in [2.05, 4.69) is 19.9 Å². The highest BCUT2D eigenvalue weighted by Gasteiger charge is 2.54. The highest BCUT2D eigenvalue weighted by molar-refractivity contribution is 5.87. The third-order valence-electron chi connectivity index (χ3n) is 4.80. The number of nitrogens with one attached hydrogen (secondary N) is 1. The van der Waals surface area contributed by atoms with Crippen molar-refractivity contribution in [2.45, 2.75) is 19.3 Å². The van der Waals surface area contributed by atoms with Gasteiger partial charge in [0, 0.05) is 25.2 Å². The molecule has 1 saturated heterocycles. The standard InChI is InChI=1S/C14H17N5O/c15-11(20)10-2-6-19(7-14(10)3-4-14)13-9-1-5-16-12(9)17-8-18-13/h1,5,8,10H,2-4,6-7H2,(H2,15,20)(H,16,17,18)/t10-/m1/s1. The number of aromatic nitrogens is 3. The lowest BCUT2D eigenvalue weighted by molar-refractivity contribution is -0.124. The molecule has 1 aliphatic carbocycles. The van der Waals surface area contributed by atoms with E-state index in [0.29, 0.717) is 0 Å². The minimum absolute atomic E-state index is 0.0299. The van der Waals surface area contributed by atoms with Crippen LogP contribution in [-0.2, 0) is 4.79 Å². The Hall–Kier alpha value is -2.11. The third-order valence-corrected chi connectivity index (χ3v) is 4.80. The summed E-state index contributed by atoms with van der Waals surface area (Å²) in [6.45, 7) is 1.70. The first-order valence-corrected chi connectivity index (χ1v) is 7.02. The number of rotatable bonds is 2. The van der Waals surface area contributed by atoms with Crippen LogP contribution in [0.5, 0.6) is 0 Å². The lowest BCUT2D eigenvalue weighted by atomic mass is 9.82. The molecular weight excluding hydrogens is 254 g/mol. The van der Waals surface area contributed by atoms with Crippen molar-refractivity contribution in [2.75, 3.05) is 18.0 Å². The zero-order valence-electron chi connectivity index (χ0n) is 11.2. The molecule has 0 aromatic carbocycles. The van der Waals surface area contributed by atoms with Crippen LogP contribution in [-0.4, -0.2) is 33.9 Å². The van der Waals surface area contributed by atoms with E-state index in [0.717, 1.165) is 49.2 Å². The minimum atomic E-state index is -0.142. The quantitative estimate of drug-likeness (QED) is 0.854. The molecule has 0 radical (unpaired) electrons. The number of fused-ring (bicyclic) bond motifs is 1. The fourth-order valence-electron chi connectivity index (χ4n) is 3.56. The molecule has 3 N–H and O–H groups in total. The maximum absolute atomic E-state index is 11.6. The summed E-state index contributed by atoms with van der Waals surface area (Å²) in [5, 5.41) is 1.04. The molecule has 1 saturated carbocycles. The molecule has 2 aromatic rings. The molecule has 4 rings (SSSR count). The number of primary amides is 1. The Kier molecular flexibility index (Phi) is 2.31. The molecule has 6 nitrogen and oxygen atoms in total. The number of nitrogens with zero attached hydrogens (tertiary/aromatic N) is 3. The topological polar surface area (TPSA) is 87.9 Å². The predicted molar refractivity (Wildman–Crippen MR) is 75.1 cm³/mol. The number of hydrogen-bond donors (Lipinski definition) is 2. The van der Waals surface area contributed by atoms with Gasteiger partial charge in [-0.3, -0.25) is 4.79 Å². The number of carbonyl (C=O) groups excluding carboxylic acids is 1. The Morgan fingerprint density at radius 3 is 3.05 bits per heavy atom. The number of amides is 1. The molecule has 6 heteroatoms. The molecule has 104 valence electrons. The second kappa shape index (κ2) is 3.94. The number of carbonyl (C=O) groups is 1. The number of piperidine rings is 1. The molecule has 2 aromatic heterocycles. The summed E-state index contributed by atoms with van der Waals surface area (Å²) in [6, 6.07) is 2.00. The van der Waals surface area contributed by atoms with Crippen LogP contribution < -0.4 is 10.6 Å². The molecular formula is C14H17N5O. The molecule has 20 heavy (non-hydrogen) atoms. The second-order valence-electron chi connectivity index (χ2n) is 5.96. The Morgan fingerprint density at radius 1 is 1.45 bits per heavy atom. The Morgan fingerprint density at radius 2 is 2.30 bits per heavy atom. The molecule has 3 heterocycles. The first kappa shape index (κ1) is 11.7. The van der Waals surface area contributed by atoms with Gasteiger partial charge in [-0.2, -0.15) is 0 Å². The SMILES string of the molecule is NC(=O)[C@H]1CCN(c2ncnc3[nH]ccc23)CC12CC2. The van der Waals surface area contributed by atoms with Gasteiger partial charge in [0.05, 0.1) is 5.39 Å². The zero-order chi connectivity index (χ0) is 13.7. The van der Waals surface area contributed by atoms with Gasteiger partial charge < -0.3 is 15.6 Å². The molecule has 2 fully saturated rings. The van der Waals surface area contributed by atoms with Gasteiger partial charge in [-0.25, -0.2) is 9.97 Å². The van der Waals surface area contributed by atoms with E-state index in [1.807, 2.05) is 12.3 Å². The van der Waals surface area contributed by atoms with Crippen LogP contribution in [0.1, 0.15) is 19.3 Å². The Balaban J connectivity index is 1.68. The smallest absolute Gasteiger partial charge is 0.221 e. The van der Waals surface area contributed by atoms with Gasteiger partial charge in [-0.05, 0) is 30.7 Å². The van der Waals surface area contributed by atoms with Crippen molar-refractivity contribution >= 4 is 22.8 Å². The van der Waals surface area contributed by atoms with Crippen LogP contribution in [0.2, 0.25) is 0 Å². The van der Waals surface area contributed by atoms with Crippen molar-refractivity contribution in [1.82, 2.24) is 15.0 Å². The van der Waals surface area contributed by atoms with Gasteiger partial charge >= 0.3 is 0 Å². The molecule has 1 spiro atoms. The molecule has 0 bridgehead atoms. The van der Waals surface area contributed by atoms with E-state index >= 15 is 0 Å². The monoisotopic (exact) mass is 271 g/mol. The number of hydrogen-bond acceptors (Lipinski definition) is 4. The first-order valence-electron chi connectivity index (χ1n) is 7.02. The van der Waals surface area contributed by atoms with Gasteiger partial charge in [0.2, 0.25) is 5.91 Å². The van der Waals surface area contributed by atoms with Gasteiger partial charge in [0.15, 0.2) is 0 Å². The normalized spacial score (nSPS) is 24.2. The average molecular weight is 271 g/mol. The van der Waals surface area contributed by atoms with E-state index in [9.17, 15) is 4.79 Å². The minimum Gasteiger partial charge on any atom is -0.369 e. The lowest BCUT2D eigenvalue weighted by Gasteiger charge is -2.38. The van der Waals surface area contributed by atoms with Crippen molar-refractivity contribution in [1.29, 1.82) is 0 Å². The second-order valence-corrected chi connectivity index (χ2v) is 5.96. The van der Waals surface area contributed by atoms with Gasteiger partial charge in [-0.1, -0.05) is 0 Å². The third kappa shape index (κ3) is 1.60. The van der Waals surface area contributed by atoms with Crippen molar-refractivity contribution in [3.05, 3.63) is 18.6 Å². The van der Waals surface area contributed by atoms with Gasteiger partial charge in [-0.15, -0.1) is 0 Å². The maximum atomic E-state index is 11.6. The van der Waals surface area contributed by atoms with E-state index < -0.39 is 0 Å². The van der Waals surface area contributed by atoms with Gasteiger partial charge in [0.25, 0.3) is 0 Å². The lowest BCUT2D eigenvalue weighted by Crippen LogP contribution is -2.46. The van der Waals surface area contributed by atoms with Crippen molar-refractivity contribution in [3.8, 4) is 0 Å². The predicted octanol–water partition coefficient (Wildman–Crippen LogP) is 1.05. The summed E-state index contributed by atoms with van der Waals surface area (Å²) in [4.78, 5) is 25.7. The van der Waals surface area contributed by atoms with E-state index in [1.54, 1.807) is 6.33 Å². The van der Waals surface area contributed by atoms with E-state index in [-0.39, 0.29) is 17.2 Å². The van der Waals surface area contributed by atoms with Crippen LogP contribution >= 0.6 is 0 Å². The van der Waals surface area contributed by atoms with Crippen LogP contribution in [0.25, 0.3) is 11.0 Å². The van der Waals surface area contributed by atoms with Crippen LogP contribution in [0, 0.1) is 11.3 Å². The first-order chi connectivity index (χ1) is 9.70. The largest absolute Gasteiger partial charge is 0.369 e. The molecule has 0 unspecified atom stereocenters. The van der Waals surface area contributed by atoms with Gasteiger partial charge in [0.1, 0.15) is 17.8 Å². The van der Waals surface area contributed by atoms with Crippen molar-refractivity contribution in [2.24, 2.45) is 17.1 Å². The summed E-state index contributed by atoms with van der Waals surface area (Å²) in [6.07, 6.45) is 6.49. The van der Waals surface area contributed by atoms with E-state index in [4.69, 9.17) is 5.73 Å². The van der Waals surface area contributed by atoms with Crippen LogP contribution in [0.15, 0.2) is 18.6 Å². The Bertz CT molecular complexity index is 675. The van der Waals surface area contributed by atoms with Crippen molar-refractivity contribution < 1.29 is 4.79 Å². The summed E-state index contributed by atoms with van der Waals surface area (Å²) in [5.74, 6) is 0.851. The number of nitrogens with two attached hydrogens (primary N) is 1. The highest BCUT2D eigenvalue weighted by atomic mass is 16.1. The van der Waals surface area contributed by atoms with Crippen LogP contribution in [0.3, 0.4) is 0 Å². The summed E-state index contributed by atoms with van der Waals surface area (Å²) in [5.41, 5.74) is 6.51. The fraction of sp³-hybridized carbons (Fsp3) is 0.500. The summed E-state index contributed by atoms with van der Waals surface area (Å²) in [7, 11) is 0. The average Bonchev–Trinajstić information content (AvgIpc) is 3.03. The van der Waals surface area contributed by atoms with Crippen molar-refractivity contribution in [3.63, 3.8) is 0 Å². The highest BCUT2D eigenvalue weighted by Crippen LogP contribution is 2.56. The van der Waals surface area contributed by atoms with E-state index in [1.165, 1.54) is 0 Å². The molecule has 1 atom stereocenters. The summed E-state index contributed by atoms with van der Waals surface area (Å²) >= 11 is 0. The maximum Gasteiger partial charge on any atom is 0.221 e. The van der Waals surface area contributed by atoms with Crippen LogP contribution in [0.4, 0.5) is 5.82 Å². The summed E-state index contributed by atoms with van der Waals surface area (Å²) < 4.78 is 0. The fourth-order valence-corrected chi connectivity index (χ4v) is 3.56. The number of H-pyrrole nitrogens is 1. The number of aromatic amines is 1. The molecule has 1 amide bonds. The Labute approximate surface area is 116 Å². The molecule has 1 aliphatic heterocycles. The number of anilines is 1. The molecule has 2 aliphatic rings. The zero-order valence-corrected chi connectivity index (χ0v) is 11.2.